The van der Waals surface area contributed by atoms with Gasteiger partial charge in [-0.15, -0.1) is 0 Å². The number of hydrogen-bond donors (Lipinski definition) is 1. The van der Waals surface area contributed by atoms with Gasteiger partial charge in [-0.3, -0.25) is 4.72 Å². The van der Waals surface area contributed by atoms with Crippen molar-refractivity contribution >= 4 is 15.7 Å². The molecule has 1 atom stereocenters. The monoisotopic (exact) mass is 468 g/mol. The number of nitrogens with zero attached hydrogens (tertiary/aromatic N) is 1. The van der Waals surface area contributed by atoms with E-state index >= 15 is 0 Å². The van der Waals surface area contributed by atoms with E-state index in [0.717, 1.165) is 24.3 Å². The fraction of sp³-hybridized carbons (Fsp3) is 0.368. The van der Waals surface area contributed by atoms with Crippen LogP contribution in [0, 0.1) is 0 Å². The van der Waals surface area contributed by atoms with Gasteiger partial charge in [0.05, 0.1) is 21.7 Å². The molecule has 1 saturated heterocycles. The van der Waals surface area contributed by atoms with Crippen molar-refractivity contribution in [2.45, 2.75) is 29.8 Å². The van der Waals surface area contributed by atoms with E-state index in [9.17, 15) is 34.8 Å². The Morgan fingerprint density at radius 3 is 2.32 bits per heavy atom. The molecular weight excluding hydrogens is 450 g/mol. The minimum Gasteiger partial charge on any atom is -0.488 e. The summed E-state index contributed by atoms with van der Waals surface area (Å²) in [5, 5.41) is 0. The van der Waals surface area contributed by atoms with Gasteiger partial charge in [0, 0.05) is 19.2 Å². The summed E-state index contributed by atoms with van der Waals surface area (Å²) in [6.45, 7) is 1.03. The fourth-order valence-electron chi connectivity index (χ4n) is 3.14. The maximum absolute atomic E-state index is 13.4. The number of benzene rings is 2. The minimum absolute atomic E-state index is 0.272. The lowest BCUT2D eigenvalue weighted by molar-refractivity contribution is -0.139. The number of halogens is 6. The molecular formula is C19H18F6N2O3S. The van der Waals surface area contributed by atoms with Crippen LogP contribution in [-0.2, 0) is 22.4 Å². The Bertz CT molecular complexity index is 1050. The van der Waals surface area contributed by atoms with Crippen LogP contribution in [0.3, 0.4) is 0 Å². The highest BCUT2D eigenvalue weighted by Crippen LogP contribution is 2.39. The first-order valence-corrected chi connectivity index (χ1v) is 10.5. The second-order valence-electron chi connectivity index (χ2n) is 7.13. The van der Waals surface area contributed by atoms with Crippen molar-refractivity contribution in [3.8, 4) is 5.75 Å². The quantitative estimate of drug-likeness (QED) is 0.652. The summed E-state index contributed by atoms with van der Waals surface area (Å²) in [6.07, 6.45) is -9.51. The summed E-state index contributed by atoms with van der Waals surface area (Å²) in [5.41, 5.74) is -2.52. The summed E-state index contributed by atoms with van der Waals surface area (Å²) in [7, 11) is -2.71. The van der Waals surface area contributed by atoms with Crippen LogP contribution in [0.25, 0.3) is 0 Å². The normalized spacial score (nSPS) is 18.2. The standard InChI is InChI=1S/C19H18F6N2O3S/c1-27-8-7-14(11-27)30-17-10-13(5-6-16(17)19(23,24)25)26-31(28,29)15-4-2-3-12(9-15)18(20,21)22/h2-6,9-10,14,26H,7-8,11H2,1H3/t14-/m1/s1. The molecule has 1 N–H and O–H groups in total. The summed E-state index contributed by atoms with van der Waals surface area (Å²) in [5.74, 6) is -0.558. The topological polar surface area (TPSA) is 58.6 Å². The Balaban J connectivity index is 1.91. The van der Waals surface area contributed by atoms with Gasteiger partial charge in [-0.1, -0.05) is 6.07 Å². The van der Waals surface area contributed by atoms with Crippen LogP contribution < -0.4 is 9.46 Å². The van der Waals surface area contributed by atoms with E-state index in [2.05, 4.69) is 0 Å². The summed E-state index contributed by atoms with van der Waals surface area (Å²) < 4.78 is 111. The molecule has 0 saturated carbocycles. The summed E-state index contributed by atoms with van der Waals surface area (Å²) in [4.78, 5) is 1.19. The van der Waals surface area contributed by atoms with Gasteiger partial charge in [-0.05, 0) is 43.8 Å². The first-order chi connectivity index (χ1) is 14.3. The third-order valence-corrected chi connectivity index (χ3v) is 6.03. The zero-order chi connectivity index (χ0) is 23.0. The molecule has 3 rings (SSSR count). The molecule has 2 aromatic carbocycles. The van der Waals surface area contributed by atoms with Gasteiger partial charge < -0.3 is 9.64 Å². The Morgan fingerprint density at radius 1 is 1.03 bits per heavy atom. The highest BCUT2D eigenvalue weighted by molar-refractivity contribution is 7.92. The number of anilines is 1. The number of alkyl halides is 6. The van der Waals surface area contributed by atoms with E-state index in [0.29, 0.717) is 37.7 Å². The molecule has 1 heterocycles. The van der Waals surface area contributed by atoms with E-state index in [1.54, 1.807) is 7.05 Å². The average molecular weight is 468 g/mol. The van der Waals surface area contributed by atoms with Gasteiger partial charge in [-0.2, -0.15) is 26.3 Å². The summed E-state index contributed by atoms with van der Waals surface area (Å²) in [6, 6.07) is 5.45. The second kappa shape index (κ2) is 8.23. The smallest absolute Gasteiger partial charge is 0.419 e. The molecule has 31 heavy (non-hydrogen) atoms. The zero-order valence-corrected chi connectivity index (χ0v) is 16.9. The van der Waals surface area contributed by atoms with Crippen molar-refractivity contribution in [2.75, 3.05) is 24.9 Å². The van der Waals surface area contributed by atoms with Crippen LogP contribution in [0.15, 0.2) is 47.4 Å². The van der Waals surface area contributed by atoms with Crippen molar-refractivity contribution in [3.05, 3.63) is 53.6 Å². The molecule has 5 nitrogen and oxygen atoms in total. The molecule has 0 unspecified atom stereocenters. The van der Waals surface area contributed by atoms with Crippen LogP contribution in [0.4, 0.5) is 32.0 Å². The maximum Gasteiger partial charge on any atom is 0.419 e. The molecule has 0 aromatic heterocycles. The van der Waals surface area contributed by atoms with E-state index in [1.165, 1.54) is 0 Å². The van der Waals surface area contributed by atoms with E-state index in [1.807, 2.05) is 9.62 Å². The molecule has 0 spiro atoms. The number of sulfonamides is 1. The number of rotatable bonds is 5. The lowest BCUT2D eigenvalue weighted by Crippen LogP contribution is -2.23. The van der Waals surface area contributed by atoms with Crippen molar-refractivity contribution in [1.29, 1.82) is 0 Å². The van der Waals surface area contributed by atoms with Crippen molar-refractivity contribution in [3.63, 3.8) is 0 Å². The predicted octanol–water partition coefficient (Wildman–Crippen LogP) is 4.61. The number of ether oxygens (including phenoxy) is 1. The first-order valence-electron chi connectivity index (χ1n) is 9.02. The molecule has 1 aliphatic heterocycles. The molecule has 0 bridgehead atoms. The minimum atomic E-state index is -4.75. The molecule has 170 valence electrons. The van der Waals surface area contributed by atoms with Crippen LogP contribution in [-0.4, -0.2) is 39.6 Å². The largest absolute Gasteiger partial charge is 0.488 e. The molecule has 0 aliphatic carbocycles. The number of likely N-dealkylation sites (tertiary alicyclic amines) is 1. The Morgan fingerprint density at radius 2 is 1.74 bits per heavy atom. The molecule has 1 aliphatic rings. The highest BCUT2D eigenvalue weighted by atomic mass is 32.2. The van der Waals surface area contributed by atoms with Gasteiger partial charge in [0.25, 0.3) is 10.0 Å². The van der Waals surface area contributed by atoms with Gasteiger partial charge in [0.2, 0.25) is 0 Å². The number of hydrogen-bond acceptors (Lipinski definition) is 4. The third kappa shape index (κ3) is 5.62. The number of nitrogens with one attached hydrogen (secondary N) is 1. The van der Waals surface area contributed by atoms with Crippen molar-refractivity contribution in [2.24, 2.45) is 0 Å². The molecule has 12 heteroatoms. The zero-order valence-electron chi connectivity index (χ0n) is 16.1. The third-order valence-electron chi connectivity index (χ3n) is 4.65. The second-order valence-corrected chi connectivity index (χ2v) is 8.81. The van der Waals surface area contributed by atoms with E-state index < -0.39 is 50.3 Å². The average Bonchev–Trinajstić information content (AvgIpc) is 3.05. The van der Waals surface area contributed by atoms with Crippen molar-refractivity contribution in [1.82, 2.24) is 4.90 Å². The van der Waals surface area contributed by atoms with Crippen LogP contribution in [0.5, 0.6) is 5.75 Å². The van der Waals surface area contributed by atoms with E-state index in [-0.39, 0.29) is 5.69 Å². The Hall–Kier alpha value is -2.47. The Kier molecular flexibility index (Phi) is 6.16. The SMILES string of the molecule is CN1CC[C@@H](Oc2cc(NS(=O)(=O)c3cccc(C(F)(F)F)c3)ccc2C(F)(F)F)C1. The van der Waals surface area contributed by atoms with Crippen LogP contribution in [0.1, 0.15) is 17.5 Å². The van der Waals surface area contributed by atoms with Crippen LogP contribution in [0.2, 0.25) is 0 Å². The maximum atomic E-state index is 13.4. The fourth-order valence-corrected chi connectivity index (χ4v) is 4.24. The van der Waals surface area contributed by atoms with Gasteiger partial charge in [0.1, 0.15) is 11.9 Å². The lowest BCUT2D eigenvalue weighted by atomic mass is 10.1. The molecule has 0 amide bonds. The van der Waals surface area contributed by atoms with Gasteiger partial charge >= 0.3 is 12.4 Å². The van der Waals surface area contributed by atoms with Gasteiger partial charge in [-0.25, -0.2) is 8.42 Å². The lowest BCUT2D eigenvalue weighted by Gasteiger charge is -2.19. The summed E-state index contributed by atoms with van der Waals surface area (Å²) >= 11 is 0. The van der Waals surface area contributed by atoms with E-state index in [4.69, 9.17) is 4.74 Å². The first kappa shape index (κ1) is 23.2. The Labute approximate surface area is 174 Å². The highest BCUT2D eigenvalue weighted by Gasteiger charge is 2.36. The predicted molar refractivity (Wildman–Crippen MR) is 100 cm³/mol. The number of likely N-dealkylation sites (N-methyl/N-ethyl adjacent to an activating group) is 1. The molecule has 1 fully saturated rings. The molecule has 0 radical (unpaired) electrons. The van der Waals surface area contributed by atoms with Crippen LogP contribution >= 0.6 is 0 Å². The van der Waals surface area contributed by atoms with Crippen molar-refractivity contribution < 1.29 is 39.5 Å². The van der Waals surface area contributed by atoms with Gasteiger partial charge in [0.15, 0.2) is 0 Å². The molecule has 2 aromatic rings.